The molecule has 1 aliphatic rings. The molecule has 0 N–H and O–H groups in total. The van der Waals surface area contributed by atoms with Gasteiger partial charge < -0.3 is 9.80 Å². The molecule has 1 aromatic rings. The maximum atomic E-state index is 13.4. The van der Waals surface area contributed by atoms with Gasteiger partial charge in [0.2, 0.25) is 11.8 Å². The molecule has 0 unspecified atom stereocenters. The van der Waals surface area contributed by atoms with Crippen LogP contribution in [0, 0.1) is 5.82 Å². The maximum absolute atomic E-state index is 13.4. The molecule has 102 valence electrons. The van der Waals surface area contributed by atoms with Crippen molar-refractivity contribution < 1.29 is 14.0 Å². The number of hydrogen-bond acceptors (Lipinski definition) is 2. The number of amides is 2. The maximum Gasteiger partial charge on any atom is 0.242 e. The Morgan fingerprint density at radius 1 is 1.21 bits per heavy atom. The summed E-state index contributed by atoms with van der Waals surface area (Å²) in [6.45, 7) is 2.75. The average molecular weight is 329 g/mol. The predicted octanol–water partition coefficient (Wildman–Crippen LogP) is 1.78. The lowest BCUT2D eigenvalue weighted by Crippen LogP contribution is -2.53. The quantitative estimate of drug-likeness (QED) is 0.848. The van der Waals surface area contributed by atoms with Crippen LogP contribution >= 0.6 is 15.9 Å². The molecule has 0 radical (unpaired) electrons. The number of hydrogen-bond donors (Lipinski definition) is 0. The van der Waals surface area contributed by atoms with Gasteiger partial charge in [0, 0.05) is 13.1 Å². The first kappa shape index (κ1) is 14.0. The van der Waals surface area contributed by atoms with Crippen LogP contribution in [-0.2, 0) is 16.1 Å². The van der Waals surface area contributed by atoms with Crippen LogP contribution in [-0.4, -0.2) is 41.2 Å². The van der Waals surface area contributed by atoms with E-state index in [1.165, 1.54) is 15.9 Å². The van der Waals surface area contributed by atoms with Crippen LogP contribution in [0.5, 0.6) is 0 Å². The Labute approximate surface area is 119 Å². The SMILES string of the molecule is CCN1CC(=O)N(Cc2cccc(F)c2Br)CC1=O. The summed E-state index contributed by atoms with van der Waals surface area (Å²) in [5.74, 6) is -0.560. The van der Waals surface area contributed by atoms with E-state index in [9.17, 15) is 14.0 Å². The Hall–Kier alpha value is -1.43. The van der Waals surface area contributed by atoms with Crippen molar-refractivity contribution in [3.05, 3.63) is 34.1 Å². The van der Waals surface area contributed by atoms with Gasteiger partial charge in [0.05, 0.1) is 11.0 Å². The van der Waals surface area contributed by atoms with Gasteiger partial charge in [0.15, 0.2) is 0 Å². The molecule has 19 heavy (non-hydrogen) atoms. The Bertz CT molecular complexity index is 521. The van der Waals surface area contributed by atoms with Crippen LogP contribution in [0.1, 0.15) is 12.5 Å². The van der Waals surface area contributed by atoms with E-state index in [1.807, 2.05) is 6.92 Å². The lowest BCUT2D eigenvalue weighted by molar-refractivity contribution is -0.150. The van der Waals surface area contributed by atoms with Crippen molar-refractivity contribution in [2.24, 2.45) is 0 Å². The predicted molar refractivity (Wildman–Crippen MR) is 71.8 cm³/mol. The van der Waals surface area contributed by atoms with Crippen LogP contribution in [0.25, 0.3) is 0 Å². The number of rotatable bonds is 3. The number of carbonyl (C=O) groups is 2. The lowest BCUT2D eigenvalue weighted by atomic mass is 10.2. The number of likely N-dealkylation sites (N-methyl/N-ethyl adjacent to an activating group) is 1. The van der Waals surface area contributed by atoms with Crippen LogP contribution in [0.15, 0.2) is 22.7 Å². The minimum Gasteiger partial charge on any atom is -0.332 e. The monoisotopic (exact) mass is 328 g/mol. The van der Waals surface area contributed by atoms with E-state index in [-0.39, 0.29) is 37.3 Å². The van der Waals surface area contributed by atoms with Gasteiger partial charge in [-0.15, -0.1) is 0 Å². The number of nitrogens with zero attached hydrogens (tertiary/aromatic N) is 2. The van der Waals surface area contributed by atoms with Gasteiger partial charge in [0.25, 0.3) is 0 Å². The minimum atomic E-state index is -0.372. The summed E-state index contributed by atoms with van der Waals surface area (Å²) in [4.78, 5) is 26.7. The molecule has 1 aromatic carbocycles. The van der Waals surface area contributed by atoms with Gasteiger partial charge in [-0.3, -0.25) is 9.59 Å². The van der Waals surface area contributed by atoms with E-state index >= 15 is 0 Å². The standard InChI is InChI=1S/C13H14BrFN2O2/c1-2-16-7-12(19)17(8-11(16)18)6-9-4-3-5-10(15)13(9)14/h3-5H,2,6-8H2,1H3. The van der Waals surface area contributed by atoms with Crippen LogP contribution in [0.3, 0.4) is 0 Å². The molecule has 0 atom stereocenters. The molecule has 1 aliphatic heterocycles. The van der Waals surface area contributed by atoms with Gasteiger partial charge in [0.1, 0.15) is 12.4 Å². The first-order chi connectivity index (χ1) is 9.02. The third-order valence-electron chi connectivity index (χ3n) is 3.13. The van der Waals surface area contributed by atoms with Gasteiger partial charge in [-0.05, 0) is 34.5 Å². The highest BCUT2D eigenvalue weighted by Crippen LogP contribution is 2.22. The number of benzene rings is 1. The zero-order valence-electron chi connectivity index (χ0n) is 10.5. The normalized spacial score (nSPS) is 16.2. The average Bonchev–Trinajstić information content (AvgIpc) is 2.38. The fraction of sp³-hybridized carbons (Fsp3) is 0.385. The molecule has 4 nitrogen and oxygen atoms in total. The molecule has 1 saturated heterocycles. The molecule has 1 heterocycles. The number of carbonyl (C=O) groups excluding carboxylic acids is 2. The second-order valence-electron chi connectivity index (χ2n) is 4.37. The van der Waals surface area contributed by atoms with E-state index < -0.39 is 0 Å². The fourth-order valence-electron chi connectivity index (χ4n) is 2.01. The summed E-state index contributed by atoms with van der Waals surface area (Å²) in [6, 6.07) is 4.66. The van der Waals surface area contributed by atoms with Crippen molar-refractivity contribution in [2.75, 3.05) is 19.6 Å². The van der Waals surface area contributed by atoms with E-state index in [1.54, 1.807) is 12.1 Å². The molecule has 6 heteroatoms. The molecule has 1 fully saturated rings. The topological polar surface area (TPSA) is 40.6 Å². The second-order valence-corrected chi connectivity index (χ2v) is 5.16. The first-order valence-corrected chi connectivity index (χ1v) is 6.80. The highest BCUT2D eigenvalue weighted by atomic mass is 79.9. The molecule has 2 amide bonds. The zero-order chi connectivity index (χ0) is 14.0. The van der Waals surface area contributed by atoms with E-state index in [0.29, 0.717) is 16.6 Å². The van der Waals surface area contributed by atoms with Crippen molar-refractivity contribution in [3.8, 4) is 0 Å². The number of halogens is 2. The largest absolute Gasteiger partial charge is 0.332 e. The third-order valence-corrected chi connectivity index (χ3v) is 4.02. The Balaban J connectivity index is 2.13. The summed E-state index contributed by atoms with van der Waals surface area (Å²) in [6.07, 6.45) is 0. The molecule has 0 aliphatic carbocycles. The molecular formula is C13H14BrFN2O2. The molecular weight excluding hydrogens is 315 g/mol. The molecule has 0 bridgehead atoms. The van der Waals surface area contributed by atoms with Crippen molar-refractivity contribution >= 4 is 27.7 Å². The highest BCUT2D eigenvalue weighted by Gasteiger charge is 2.29. The van der Waals surface area contributed by atoms with Crippen molar-refractivity contribution in [1.29, 1.82) is 0 Å². The van der Waals surface area contributed by atoms with Gasteiger partial charge >= 0.3 is 0 Å². The molecule has 0 saturated carbocycles. The Morgan fingerprint density at radius 3 is 2.53 bits per heavy atom. The Morgan fingerprint density at radius 2 is 1.84 bits per heavy atom. The van der Waals surface area contributed by atoms with Crippen LogP contribution in [0.2, 0.25) is 0 Å². The van der Waals surface area contributed by atoms with Gasteiger partial charge in [-0.25, -0.2) is 4.39 Å². The second kappa shape index (κ2) is 5.69. The highest BCUT2D eigenvalue weighted by molar-refractivity contribution is 9.10. The molecule has 0 aromatic heterocycles. The third kappa shape index (κ3) is 2.94. The first-order valence-electron chi connectivity index (χ1n) is 6.01. The van der Waals surface area contributed by atoms with Crippen molar-refractivity contribution in [2.45, 2.75) is 13.5 Å². The molecule has 2 rings (SSSR count). The summed E-state index contributed by atoms with van der Waals surface area (Å²) < 4.78 is 13.7. The van der Waals surface area contributed by atoms with Crippen LogP contribution < -0.4 is 0 Å². The summed E-state index contributed by atoms with van der Waals surface area (Å²) in [5, 5.41) is 0. The van der Waals surface area contributed by atoms with E-state index in [2.05, 4.69) is 15.9 Å². The smallest absolute Gasteiger partial charge is 0.242 e. The Kier molecular flexibility index (Phi) is 4.19. The van der Waals surface area contributed by atoms with Crippen LogP contribution in [0.4, 0.5) is 4.39 Å². The summed E-state index contributed by atoms with van der Waals surface area (Å²) >= 11 is 3.16. The van der Waals surface area contributed by atoms with E-state index in [0.717, 1.165) is 0 Å². The number of piperazine rings is 1. The minimum absolute atomic E-state index is 0.0512. The van der Waals surface area contributed by atoms with Gasteiger partial charge in [-0.2, -0.15) is 0 Å². The molecule has 0 spiro atoms. The fourth-order valence-corrected chi connectivity index (χ4v) is 2.40. The van der Waals surface area contributed by atoms with Gasteiger partial charge in [-0.1, -0.05) is 12.1 Å². The lowest BCUT2D eigenvalue weighted by Gasteiger charge is -2.33. The summed E-state index contributed by atoms with van der Waals surface area (Å²) in [7, 11) is 0. The zero-order valence-corrected chi connectivity index (χ0v) is 12.1. The van der Waals surface area contributed by atoms with E-state index in [4.69, 9.17) is 0 Å². The van der Waals surface area contributed by atoms with Crippen molar-refractivity contribution in [3.63, 3.8) is 0 Å². The van der Waals surface area contributed by atoms with Crippen molar-refractivity contribution in [1.82, 2.24) is 9.80 Å². The summed E-state index contributed by atoms with van der Waals surface area (Å²) in [5.41, 5.74) is 0.658.